The molecular formula is C14H16N2O3. The minimum Gasteiger partial charge on any atom is -0.345 e. The van der Waals surface area contributed by atoms with Crippen molar-refractivity contribution in [3.8, 4) is 0 Å². The maximum atomic E-state index is 12.3. The molecule has 1 heterocycles. The van der Waals surface area contributed by atoms with E-state index in [4.69, 9.17) is 5.21 Å². The molecule has 1 aromatic rings. The molecule has 3 rings (SSSR count). The Bertz CT molecular complexity index is 570. The van der Waals surface area contributed by atoms with Gasteiger partial charge in [-0.05, 0) is 42.5 Å². The second-order valence-electron chi connectivity index (χ2n) is 5.54. The van der Waals surface area contributed by atoms with Crippen molar-refractivity contribution < 1.29 is 14.8 Å². The molecule has 1 fully saturated rings. The van der Waals surface area contributed by atoms with Crippen LogP contribution < -0.4 is 5.48 Å². The predicted octanol–water partition coefficient (Wildman–Crippen LogP) is 0.753. The third kappa shape index (κ3) is 1.73. The summed E-state index contributed by atoms with van der Waals surface area (Å²) >= 11 is 0. The molecule has 1 unspecified atom stereocenters. The first kappa shape index (κ1) is 12.2. The second kappa shape index (κ2) is 4.06. The molecular weight excluding hydrogens is 244 g/mol. The molecule has 19 heavy (non-hydrogen) atoms. The summed E-state index contributed by atoms with van der Waals surface area (Å²) < 4.78 is 0. The van der Waals surface area contributed by atoms with Gasteiger partial charge in [0, 0.05) is 19.2 Å². The molecule has 1 saturated heterocycles. The summed E-state index contributed by atoms with van der Waals surface area (Å²) in [5.74, 6) is -0.310. The van der Waals surface area contributed by atoms with E-state index < -0.39 is 5.91 Å². The highest BCUT2D eigenvalue weighted by Crippen LogP contribution is 2.44. The topological polar surface area (TPSA) is 69.6 Å². The first-order valence-corrected chi connectivity index (χ1v) is 6.37. The van der Waals surface area contributed by atoms with Crippen molar-refractivity contribution in [2.45, 2.75) is 19.3 Å². The Labute approximate surface area is 111 Å². The quantitative estimate of drug-likeness (QED) is 0.578. The van der Waals surface area contributed by atoms with Gasteiger partial charge in [0.25, 0.3) is 5.91 Å². The Morgan fingerprint density at radius 2 is 2.11 bits per heavy atom. The summed E-state index contributed by atoms with van der Waals surface area (Å²) in [6.07, 6.45) is 2.32. The normalized spacial score (nSPS) is 24.9. The minimum atomic E-state index is -0.515. The molecule has 1 aliphatic heterocycles. The van der Waals surface area contributed by atoms with Crippen LogP contribution in [0.1, 0.15) is 27.9 Å². The molecule has 0 bridgehead atoms. The molecule has 1 atom stereocenters. The van der Waals surface area contributed by atoms with Crippen molar-refractivity contribution in [1.82, 2.24) is 10.4 Å². The lowest BCUT2D eigenvalue weighted by molar-refractivity contribution is -0.134. The highest BCUT2D eigenvalue weighted by atomic mass is 16.5. The molecule has 100 valence electrons. The van der Waals surface area contributed by atoms with Crippen LogP contribution in [0, 0.1) is 5.41 Å². The Balaban J connectivity index is 1.93. The Morgan fingerprint density at radius 3 is 2.74 bits per heavy atom. The fourth-order valence-electron chi connectivity index (χ4n) is 3.28. The molecule has 1 spiro atoms. The van der Waals surface area contributed by atoms with Crippen molar-refractivity contribution in [2.75, 3.05) is 13.6 Å². The van der Waals surface area contributed by atoms with E-state index in [9.17, 15) is 9.59 Å². The number of hydrogen-bond donors (Lipinski definition) is 2. The molecule has 5 heteroatoms. The molecule has 2 aliphatic rings. The highest BCUT2D eigenvalue weighted by molar-refractivity contribution is 5.94. The van der Waals surface area contributed by atoms with E-state index in [1.54, 1.807) is 22.5 Å². The van der Waals surface area contributed by atoms with Crippen LogP contribution in [0.2, 0.25) is 0 Å². The number of likely N-dealkylation sites (tertiary alicyclic amines) is 1. The van der Waals surface area contributed by atoms with Crippen molar-refractivity contribution in [1.29, 1.82) is 0 Å². The number of carbonyl (C=O) groups is 2. The zero-order valence-electron chi connectivity index (χ0n) is 10.8. The smallest absolute Gasteiger partial charge is 0.274 e. The summed E-state index contributed by atoms with van der Waals surface area (Å²) in [6, 6.07) is 5.36. The molecule has 2 N–H and O–H groups in total. The number of carbonyl (C=O) groups excluding carboxylic acids is 2. The van der Waals surface area contributed by atoms with Gasteiger partial charge in [0.1, 0.15) is 0 Å². The Kier molecular flexibility index (Phi) is 2.60. The van der Waals surface area contributed by atoms with Gasteiger partial charge in [-0.1, -0.05) is 6.07 Å². The number of nitrogens with zero attached hydrogens (tertiary/aromatic N) is 1. The van der Waals surface area contributed by atoms with E-state index in [1.807, 2.05) is 13.1 Å². The van der Waals surface area contributed by atoms with Crippen molar-refractivity contribution in [2.24, 2.45) is 5.41 Å². The van der Waals surface area contributed by atoms with Gasteiger partial charge >= 0.3 is 0 Å². The third-order valence-corrected chi connectivity index (χ3v) is 4.35. The van der Waals surface area contributed by atoms with Gasteiger partial charge in [0.15, 0.2) is 0 Å². The molecule has 1 aromatic carbocycles. The molecule has 2 amide bonds. The van der Waals surface area contributed by atoms with Crippen LogP contribution in [0.25, 0.3) is 0 Å². The van der Waals surface area contributed by atoms with Crippen molar-refractivity contribution >= 4 is 11.8 Å². The van der Waals surface area contributed by atoms with Gasteiger partial charge in [-0.2, -0.15) is 0 Å². The molecule has 5 nitrogen and oxygen atoms in total. The van der Waals surface area contributed by atoms with Crippen LogP contribution in [0.3, 0.4) is 0 Å². The number of amides is 2. The van der Waals surface area contributed by atoms with Crippen LogP contribution >= 0.6 is 0 Å². The lowest BCUT2D eigenvalue weighted by Gasteiger charge is -2.20. The number of fused-ring (bicyclic) bond motifs is 1. The van der Waals surface area contributed by atoms with Crippen LogP contribution in [-0.2, 0) is 17.6 Å². The maximum Gasteiger partial charge on any atom is 0.274 e. The van der Waals surface area contributed by atoms with Gasteiger partial charge in [-0.25, -0.2) is 5.48 Å². The summed E-state index contributed by atoms with van der Waals surface area (Å²) in [7, 11) is 1.84. The fraction of sp³-hybridized carbons (Fsp3) is 0.429. The molecule has 1 aliphatic carbocycles. The number of nitrogens with one attached hydrogen (secondary N) is 1. The highest BCUT2D eigenvalue weighted by Gasteiger charge is 2.48. The van der Waals surface area contributed by atoms with Crippen LogP contribution in [-0.4, -0.2) is 35.5 Å². The number of rotatable bonds is 1. The monoisotopic (exact) mass is 260 g/mol. The Morgan fingerprint density at radius 1 is 1.37 bits per heavy atom. The van der Waals surface area contributed by atoms with E-state index in [0.717, 1.165) is 30.5 Å². The zero-order chi connectivity index (χ0) is 13.6. The third-order valence-electron chi connectivity index (χ3n) is 4.35. The van der Waals surface area contributed by atoms with E-state index in [0.29, 0.717) is 12.0 Å². The van der Waals surface area contributed by atoms with Crippen molar-refractivity contribution in [3.63, 3.8) is 0 Å². The standard InChI is InChI=1S/C14H16N2O3/c1-16-5-4-14(13(16)18)7-10-3-2-9(12(17)15-19)6-11(10)8-14/h2-3,6,19H,4-5,7-8H2,1H3,(H,15,17). The Hall–Kier alpha value is -1.88. The number of hydrogen-bond acceptors (Lipinski definition) is 3. The van der Waals surface area contributed by atoms with E-state index in [2.05, 4.69) is 0 Å². The fourth-order valence-corrected chi connectivity index (χ4v) is 3.28. The lowest BCUT2D eigenvalue weighted by atomic mass is 9.83. The zero-order valence-corrected chi connectivity index (χ0v) is 10.8. The summed E-state index contributed by atoms with van der Waals surface area (Å²) in [5.41, 5.74) is 3.95. The van der Waals surface area contributed by atoms with Crippen LogP contribution in [0.5, 0.6) is 0 Å². The first-order chi connectivity index (χ1) is 9.05. The average Bonchev–Trinajstić information content (AvgIpc) is 2.92. The molecule has 0 saturated carbocycles. The molecule has 0 radical (unpaired) electrons. The maximum absolute atomic E-state index is 12.3. The predicted molar refractivity (Wildman–Crippen MR) is 67.8 cm³/mol. The summed E-state index contributed by atoms with van der Waals surface area (Å²) in [5, 5.41) is 8.66. The van der Waals surface area contributed by atoms with Crippen molar-refractivity contribution in [3.05, 3.63) is 34.9 Å². The van der Waals surface area contributed by atoms with Gasteiger partial charge in [0.05, 0.1) is 5.41 Å². The molecule has 0 aromatic heterocycles. The van der Waals surface area contributed by atoms with Gasteiger partial charge in [0.2, 0.25) is 5.91 Å². The van der Waals surface area contributed by atoms with Crippen LogP contribution in [0.4, 0.5) is 0 Å². The SMILES string of the molecule is CN1CCC2(Cc3ccc(C(=O)NO)cc3C2)C1=O. The lowest BCUT2D eigenvalue weighted by Crippen LogP contribution is -2.32. The summed E-state index contributed by atoms with van der Waals surface area (Å²) in [6.45, 7) is 0.802. The van der Waals surface area contributed by atoms with Gasteiger partial charge in [-0.3, -0.25) is 14.8 Å². The van der Waals surface area contributed by atoms with E-state index >= 15 is 0 Å². The van der Waals surface area contributed by atoms with Crippen LogP contribution in [0.15, 0.2) is 18.2 Å². The van der Waals surface area contributed by atoms with Gasteiger partial charge in [-0.15, -0.1) is 0 Å². The van der Waals surface area contributed by atoms with E-state index in [1.165, 1.54) is 0 Å². The number of hydroxylamine groups is 1. The van der Waals surface area contributed by atoms with E-state index in [-0.39, 0.29) is 11.3 Å². The first-order valence-electron chi connectivity index (χ1n) is 6.37. The second-order valence-corrected chi connectivity index (χ2v) is 5.54. The summed E-state index contributed by atoms with van der Waals surface area (Å²) in [4.78, 5) is 25.5. The minimum absolute atomic E-state index is 0.205. The number of benzene rings is 1. The van der Waals surface area contributed by atoms with Gasteiger partial charge < -0.3 is 4.90 Å². The largest absolute Gasteiger partial charge is 0.345 e. The average molecular weight is 260 g/mol.